The largest absolute Gasteiger partial charge is 0.484 e. The zero-order valence-electron chi connectivity index (χ0n) is 14.5. The molecule has 27 heavy (non-hydrogen) atoms. The Bertz CT molecular complexity index is 898. The maximum atomic E-state index is 12.8. The van der Waals surface area contributed by atoms with E-state index in [2.05, 4.69) is 0 Å². The molecule has 2 aromatic carbocycles. The Morgan fingerprint density at radius 1 is 1.04 bits per heavy atom. The maximum Gasteiger partial charge on any atom is 0.261 e. The third kappa shape index (κ3) is 5.61. The van der Waals surface area contributed by atoms with Crippen molar-refractivity contribution < 1.29 is 17.9 Å². The fourth-order valence-corrected chi connectivity index (χ4v) is 4.97. The van der Waals surface area contributed by atoms with Gasteiger partial charge in [0, 0.05) is 22.6 Å². The second kappa shape index (κ2) is 8.50. The number of rotatable bonds is 6. The van der Waals surface area contributed by atoms with E-state index in [4.69, 9.17) is 27.9 Å². The molecule has 0 spiro atoms. The van der Waals surface area contributed by atoms with Crippen molar-refractivity contribution in [3.63, 3.8) is 0 Å². The van der Waals surface area contributed by atoms with Crippen LogP contribution < -0.4 is 4.74 Å². The number of halogens is 2. The molecule has 144 valence electrons. The van der Waals surface area contributed by atoms with Gasteiger partial charge in [0.15, 0.2) is 16.4 Å². The number of hydrogen-bond acceptors (Lipinski definition) is 4. The third-order valence-electron chi connectivity index (χ3n) is 4.41. The summed E-state index contributed by atoms with van der Waals surface area (Å²) >= 11 is 11.8. The summed E-state index contributed by atoms with van der Waals surface area (Å²) < 4.78 is 29.3. The quantitative estimate of drug-likeness (QED) is 0.706. The smallest absolute Gasteiger partial charge is 0.261 e. The zero-order chi connectivity index (χ0) is 19.4. The van der Waals surface area contributed by atoms with Crippen LogP contribution >= 0.6 is 23.2 Å². The number of ether oxygens (including phenoxy) is 1. The molecule has 0 aromatic heterocycles. The van der Waals surface area contributed by atoms with E-state index in [1.54, 1.807) is 41.3 Å². The molecule has 1 fully saturated rings. The highest BCUT2D eigenvalue weighted by Gasteiger charge is 2.34. The minimum atomic E-state index is -3.12. The van der Waals surface area contributed by atoms with Gasteiger partial charge in [0.05, 0.1) is 11.5 Å². The number of amides is 1. The van der Waals surface area contributed by atoms with E-state index >= 15 is 0 Å². The Labute approximate surface area is 168 Å². The van der Waals surface area contributed by atoms with Crippen LogP contribution in [0.2, 0.25) is 10.0 Å². The summed E-state index contributed by atoms with van der Waals surface area (Å²) in [5.74, 6) is 0.341. The van der Waals surface area contributed by atoms with Crippen LogP contribution in [-0.4, -0.2) is 43.4 Å². The number of sulfone groups is 1. The van der Waals surface area contributed by atoms with Crippen LogP contribution in [0.4, 0.5) is 0 Å². The molecule has 3 rings (SSSR count). The Morgan fingerprint density at radius 3 is 2.19 bits per heavy atom. The molecule has 0 aliphatic carbocycles. The molecule has 2 aromatic rings. The van der Waals surface area contributed by atoms with Crippen molar-refractivity contribution in [3.8, 4) is 5.75 Å². The first-order chi connectivity index (χ1) is 12.8. The molecule has 0 N–H and O–H groups in total. The minimum Gasteiger partial charge on any atom is -0.484 e. The van der Waals surface area contributed by atoms with Crippen molar-refractivity contribution >= 4 is 38.9 Å². The summed E-state index contributed by atoms with van der Waals surface area (Å²) in [5.41, 5.74) is 0.878. The lowest BCUT2D eigenvalue weighted by molar-refractivity contribution is -0.136. The average Bonchev–Trinajstić information content (AvgIpc) is 3.00. The molecular weight excluding hydrogens is 409 g/mol. The van der Waals surface area contributed by atoms with E-state index in [-0.39, 0.29) is 30.1 Å². The summed E-state index contributed by atoms with van der Waals surface area (Å²) in [6.07, 6.45) is 0.433. The summed E-state index contributed by atoms with van der Waals surface area (Å²) in [4.78, 5) is 14.4. The second-order valence-corrected chi connectivity index (χ2v) is 9.55. The van der Waals surface area contributed by atoms with Crippen molar-refractivity contribution in [3.05, 3.63) is 64.1 Å². The Morgan fingerprint density at radius 2 is 1.63 bits per heavy atom. The van der Waals surface area contributed by atoms with Gasteiger partial charge in [-0.2, -0.15) is 0 Å². The summed E-state index contributed by atoms with van der Waals surface area (Å²) in [6.45, 7) is 0.131. The van der Waals surface area contributed by atoms with Crippen LogP contribution in [-0.2, 0) is 21.2 Å². The van der Waals surface area contributed by atoms with Crippen LogP contribution in [0.3, 0.4) is 0 Å². The van der Waals surface area contributed by atoms with Crippen LogP contribution in [0.15, 0.2) is 48.5 Å². The number of carbonyl (C=O) groups excluding carboxylic acids is 1. The van der Waals surface area contributed by atoms with Gasteiger partial charge in [-0.25, -0.2) is 8.42 Å². The monoisotopic (exact) mass is 427 g/mol. The standard InChI is InChI=1S/C19H19Cl2NO4S/c20-15-3-1-14(2-4-15)11-22(17-9-10-27(24,25)13-17)19(23)12-26-18-7-5-16(21)6-8-18/h1-8,17H,9-13H2. The van der Waals surface area contributed by atoms with Crippen LogP contribution in [0.5, 0.6) is 5.75 Å². The first-order valence-electron chi connectivity index (χ1n) is 8.45. The third-order valence-corrected chi connectivity index (χ3v) is 6.67. The highest BCUT2D eigenvalue weighted by Crippen LogP contribution is 2.22. The molecule has 1 heterocycles. The van der Waals surface area contributed by atoms with Crippen molar-refractivity contribution in [2.75, 3.05) is 18.1 Å². The van der Waals surface area contributed by atoms with E-state index < -0.39 is 9.84 Å². The van der Waals surface area contributed by atoms with Gasteiger partial charge in [0.2, 0.25) is 0 Å². The lowest BCUT2D eigenvalue weighted by Crippen LogP contribution is -2.43. The van der Waals surface area contributed by atoms with E-state index in [1.807, 2.05) is 12.1 Å². The summed E-state index contributed by atoms with van der Waals surface area (Å²) in [6, 6.07) is 13.5. The number of hydrogen-bond donors (Lipinski definition) is 0. The Balaban J connectivity index is 1.72. The first kappa shape index (κ1) is 20.0. The Kier molecular flexibility index (Phi) is 6.29. The number of nitrogens with zero attached hydrogens (tertiary/aromatic N) is 1. The van der Waals surface area contributed by atoms with E-state index in [9.17, 15) is 13.2 Å². The molecule has 0 saturated carbocycles. The van der Waals surface area contributed by atoms with Gasteiger partial charge in [-0.3, -0.25) is 4.79 Å². The molecule has 1 atom stereocenters. The van der Waals surface area contributed by atoms with Crippen LogP contribution in [0.1, 0.15) is 12.0 Å². The number of benzene rings is 2. The SMILES string of the molecule is O=C(COc1ccc(Cl)cc1)N(Cc1ccc(Cl)cc1)C1CCS(=O)(=O)C1. The minimum absolute atomic E-state index is 0.0206. The van der Waals surface area contributed by atoms with Crippen molar-refractivity contribution in [1.82, 2.24) is 4.90 Å². The van der Waals surface area contributed by atoms with Gasteiger partial charge in [-0.05, 0) is 48.4 Å². The van der Waals surface area contributed by atoms with Crippen molar-refractivity contribution in [2.24, 2.45) is 0 Å². The van der Waals surface area contributed by atoms with Crippen LogP contribution in [0, 0.1) is 0 Å². The molecular formula is C19H19Cl2NO4S. The van der Waals surface area contributed by atoms with Gasteiger partial charge >= 0.3 is 0 Å². The van der Waals surface area contributed by atoms with Gasteiger partial charge in [0.25, 0.3) is 5.91 Å². The number of carbonyl (C=O) groups is 1. The topological polar surface area (TPSA) is 63.7 Å². The van der Waals surface area contributed by atoms with E-state index in [1.165, 1.54) is 0 Å². The van der Waals surface area contributed by atoms with Crippen molar-refractivity contribution in [1.29, 1.82) is 0 Å². The fourth-order valence-electron chi connectivity index (χ4n) is 2.99. The second-order valence-electron chi connectivity index (χ2n) is 6.45. The van der Waals surface area contributed by atoms with Gasteiger partial charge in [-0.15, -0.1) is 0 Å². The molecule has 1 amide bonds. The van der Waals surface area contributed by atoms with E-state index in [0.29, 0.717) is 28.8 Å². The van der Waals surface area contributed by atoms with Gasteiger partial charge in [0.1, 0.15) is 5.75 Å². The van der Waals surface area contributed by atoms with Gasteiger partial charge < -0.3 is 9.64 Å². The highest BCUT2D eigenvalue weighted by molar-refractivity contribution is 7.91. The molecule has 0 radical (unpaired) electrons. The predicted molar refractivity (Wildman–Crippen MR) is 106 cm³/mol. The molecule has 1 aliphatic heterocycles. The molecule has 0 bridgehead atoms. The Hall–Kier alpha value is -1.76. The summed E-state index contributed by atoms with van der Waals surface area (Å²) in [7, 11) is -3.12. The molecule has 1 aliphatic rings. The normalized spacial score (nSPS) is 18.2. The van der Waals surface area contributed by atoms with Crippen LogP contribution in [0.25, 0.3) is 0 Å². The zero-order valence-corrected chi connectivity index (χ0v) is 16.8. The molecule has 5 nitrogen and oxygen atoms in total. The lowest BCUT2D eigenvalue weighted by Gasteiger charge is -2.28. The molecule has 1 saturated heterocycles. The highest BCUT2D eigenvalue weighted by atomic mass is 35.5. The first-order valence-corrected chi connectivity index (χ1v) is 11.0. The van der Waals surface area contributed by atoms with E-state index in [0.717, 1.165) is 5.56 Å². The molecule has 8 heteroatoms. The summed E-state index contributed by atoms with van der Waals surface area (Å²) in [5, 5.41) is 1.18. The maximum absolute atomic E-state index is 12.8. The fraction of sp³-hybridized carbons (Fsp3) is 0.316. The molecule has 1 unspecified atom stereocenters. The van der Waals surface area contributed by atoms with Crippen molar-refractivity contribution in [2.45, 2.75) is 19.0 Å². The predicted octanol–water partition coefficient (Wildman–Crippen LogP) is 3.59. The van der Waals surface area contributed by atoms with Gasteiger partial charge in [-0.1, -0.05) is 35.3 Å². The average molecular weight is 428 g/mol. The lowest BCUT2D eigenvalue weighted by atomic mass is 10.1.